The second-order valence-electron chi connectivity index (χ2n) is 6.25. The van der Waals surface area contributed by atoms with Gasteiger partial charge in [0.1, 0.15) is 0 Å². The largest absolute Gasteiger partial charge is 0.352 e. The Bertz CT molecular complexity index is 753. The van der Waals surface area contributed by atoms with E-state index in [1.165, 1.54) is 0 Å². The zero-order chi connectivity index (χ0) is 18.4. The SMILES string of the molecule is Cc1ccc(C(=O)NCCCn2cc(C(=O)N3CCSCC3)nn2)cc1. The first kappa shape index (κ1) is 18.4. The Balaban J connectivity index is 1.42. The molecule has 0 radical (unpaired) electrons. The molecule has 1 aliphatic rings. The molecule has 0 bridgehead atoms. The summed E-state index contributed by atoms with van der Waals surface area (Å²) >= 11 is 1.86. The molecule has 8 heteroatoms. The van der Waals surface area contributed by atoms with E-state index < -0.39 is 0 Å². The van der Waals surface area contributed by atoms with E-state index in [0.29, 0.717) is 24.3 Å². The molecule has 0 unspecified atom stereocenters. The predicted octanol–water partition coefficient (Wildman–Crippen LogP) is 1.60. The molecule has 1 N–H and O–H groups in total. The lowest BCUT2D eigenvalue weighted by Crippen LogP contribution is -2.38. The maximum Gasteiger partial charge on any atom is 0.276 e. The molecule has 1 aliphatic heterocycles. The third kappa shape index (κ3) is 4.85. The number of rotatable bonds is 6. The second-order valence-corrected chi connectivity index (χ2v) is 7.47. The number of hydrogen-bond acceptors (Lipinski definition) is 5. The topological polar surface area (TPSA) is 80.1 Å². The molecule has 0 saturated carbocycles. The van der Waals surface area contributed by atoms with Gasteiger partial charge in [0.05, 0.1) is 6.20 Å². The standard InChI is InChI=1S/C18H23N5O2S/c1-14-3-5-15(6-4-14)17(24)19-7-2-8-23-13-16(20-21-23)18(25)22-9-11-26-12-10-22/h3-6,13H,2,7-12H2,1H3,(H,19,24). The Hall–Kier alpha value is -2.35. The van der Waals surface area contributed by atoms with E-state index in [0.717, 1.165) is 36.6 Å². The van der Waals surface area contributed by atoms with Crippen LogP contribution in [-0.2, 0) is 6.54 Å². The van der Waals surface area contributed by atoms with Crippen LogP contribution in [0.15, 0.2) is 30.5 Å². The van der Waals surface area contributed by atoms with Crippen LogP contribution in [0.3, 0.4) is 0 Å². The molecule has 2 aromatic rings. The number of carbonyl (C=O) groups excluding carboxylic acids is 2. The molecule has 0 spiro atoms. The van der Waals surface area contributed by atoms with Gasteiger partial charge in [0.25, 0.3) is 11.8 Å². The first-order valence-electron chi connectivity index (χ1n) is 8.75. The molecular weight excluding hydrogens is 350 g/mol. The maximum absolute atomic E-state index is 12.4. The van der Waals surface area contributed by atoms with Gasteiger partial charge in [0.2, 0.25) is 0 Å². The molecule has 2 heterocycles. The minimum atomic E-state index is -0.0811. The number of aryl methyl sites for hydroxylation is 2. The number of thioether (sulfide) groups is 1. The highest BCUT2D eigenvalue weighted by Crippen LogP contribution is 2.11. The van der Waals surface area contributed by atoms with E-state index >= 15 is 0 Å². The lowest BCUT2D eigenvalue weighted by atomic mass is 10.1. The van der Waals surface area contributed by atoms with E-state index in [1.807, 2.05) is 47.9 Å². The van der Waals surface area contributed by atoms with Crippen LogP contribution in [0.2, 0.25) is 0 Å². The lowest BCUT2D eigenvalue weighted by molar-refractivity contribution is 0.0766. The van der Waals surface area contributed by atoms with Crippen molar-refractivity contribution in [2.45, 2.75) is 19.9 Å². The fourth-order valence-electron chi connectivity index (χ4n) is 2.68. The van der Waals surface area contributed by atoms with Crippen LogP contribution >= 0.6 is 11.8 Å². The van der Waals surface area contributed by atoms with Crippen LogP contribution in [0.25, 0.3) is 0 Å². The minimum Gasteiger partial charge on any atom is -0.352 e. The zero-order valence-electron chi connectivity index (χ0n) is 14.9. The number of aromatic nitrogens is 3. The Morgan fingerprint density at radius 3 is 2.65 bits per heavy atom. The summed E-state index contributed by atoms with van der Waals surface area (Å²) in [5.41, 5.74) is 2.17. The molecule has 138 valence electrons. The van der Waals surface area contributed by atoms with Crippen molar-refractivity contribution in [3.05, 3.63) is 47.3 Å². The predicted molar refractivity (Wildman–Crippen MR) is 101 cm³/mol. The molecule has 1 aromatic heterocycles. The average Bonchev–Trinajstić information content (AvgIpc) is 3.14. The van der Waals surface area contributed by atoms with Crippen LogP contribution in [0.5, 0.6) is 0 Å². The van der Waals surface area contributed by atoms with Gasteiger partial charge in [-0.1, -0.05) is 22.9 Å². The highest BCUT2D eigenvalue weighted by atomic mass is 32.2. The first-order valence-corrected chi connectivity index (χ1v) is 9.91. The summed E-state index contributed by atoms with van der Waals surface area (Å²) in [6.45, 7) is 4.66. The first-order chi connectivity index (χ1) is 12.6. The van der Waals surface area contributed by atoms with Gasteiger partial charge >= 0.3 is 0 Å². The van der Waals surface area contributed by atoms with Gasteiger partial charge in [-0.2, -0.15) is 11.8 Å². The smallest absolute Gasteiger partial charge is 0.276 e. The molecule has 3 rings (SSSR count). The average molecular weight is 373 g/mol. The van der Waals surface area contributed by atoms with Gasteiger partial charge in [0.15, 0.2) is 5.69 Å². The normalized spacial score (nSPS) is 14.3. The van der Waals surface area contributed by atoms with Crippen molar-refractivity contribution >= 4 is 23.6 Å². The van der Waals surface area contributed by atoms with E-state index in [4.69, 9.17) is 0 Å². The van der Waals surface area contributed by atoms with Crippen LogP contribution in [0, 0.1) is 6.92 Å². The van der Waals surface area contributed by atoms with Crippen molar-refractivity contribution in [2.75, 3.05) is 31.1 Å². The summed E-state index contributed by atoms with van der Waals surface area (Å²) < 4.78 is 1.66. The molecule has 2 amide bonds. The number of nitrogens with one attached hydrogen (secondary N) is 1. The van der Waals surface area contributed by atoms with Gasteiger partial charge in [-0.25, -0.2) is 0 Å². The molecule has 7 nitrogen and oxygen atoms in total. The highest BCUT2D eigenvalue weighted by Gasteiger charge is 2.20. The molecule has 0 aliphatic carbocycles. The summed E-state index contributed by atoms with van der Waals surface area (Å²) in [4.78, 5) is 26.2. The molecule has 1 saturated heterocycles. The Kier molecular flexibility index (Phi) is 6.27. The number of benzene rings is 1. The van der Waals surface area contributed by atoms with Crippen molar-refractivity contribution in [3.63, 3.8) is 0 Å². The lowest BCUT2D eigenvalue weighted by Gasteiger charge is -2.25. The minimum absolute atomic E-state index is 0.0516. The number of amides is 2. The quantitative estimate of drug-likeness (QED) is 0.778. The van der Waals surface area contributed by atoms with Gasteiger partial charge in [-0.15, -0.1) is 5.10 Å². The molecule has 1 fully saturated rings. The van der Waals surface area contributed by atoms with Crippen molar-refractivity contribution < 1.29 is 9.59 Å². The third-order valence-electron chi connectivity index (χ3n) is 4.22. The third-order valence-corrected chi connectivity index (χ3v) is 5.16. The summed E-state index contributed by atoms with van der Waals surface area (Å²) in [5.74, 6) is 1.81. The van der Waals surface area contributed by atoms with Crippen LogP contribution in [0.4, 0.5) is 0 Å². The monoisotopic (exact) mass is 373 g/mol. The molecule has 0 atom stereocenters. The fourth-order valence-corrected chi connectivity index (χ4v) is 3.59. The van der Waals surface area contributed by atoms with Crippen molar-refractivity contribution in [1.29, 1.82) is 0 Å². The summed E-state index contributed by atoms with van der Waals surface area (Å²) in [5, 5.41) is 10.9. The van der Waals surface area contributed by atoms with Crippen molar-refractivity contribution in [1.82, 2.24) is 25.2 Å². The zero-order valence-corrected chi connectivity index (χ0v) is 15.7. The van der Waals surface area contributed by atoms with Gasteiger partial charge < -0.3 is 10.2 Å². The summed E-state index contributed by atoms with van der Waals surface area (Å²) in [6.07, 6.45) is 2.40. The van der Waals surface area contributed by atoms with Gasteiger partial charge in [-0.05, 0) is 25.5 Å². The Morgan fingerprint density at radius 1 is 1.19 bits per heavy atom. The highest BCUT2D eigenvalue weighted by molar-refractivity contribution is 7.99. The molecular formula is C18H23N5O2S. The van der Waals surface area contributed by atoms with E-state index in [1.54, 1.807) is 10.9 Å². The Labute approximate surface area is 157 Å². The fraction of sp³-hybridized carbons (Fsp3) is 0.444. The van der Waals surface area contributed by atoms with E-state index in [-0.39, 0.29) is 11.8 Å². The van der Waals surface area contributed by atoms with Crippen LogP contribution in [0.1, 0.15) is 32.8 Å². The number of hydrogen-bond donors (Lipinski definition) is 1. The summed E-state index contributed by atoms with van der Waals surface area (Å²) in [6, 6.07) is 7.48. The summed E-state index contributed by atoms with van der Waals surface area (Å²) in [7, 11) is 0. The Morgan fingerprint density at radius 2 is 1.92 bits per heavy atom. The molecule has 26 heavy (non-hydrogen) atoms. The van der Waals surface area contributed by atoms with Gasteiger partial charge in [-0.3, -0.25) is 14.3 Å². The van der Waals surface area contributed by atoms with E-state index in [2.05, 4.69) is 15.6 Å². The number of carbonyl (C=O) groups is 2. The van der Waals surface area contributed by atoms with Crippen LogP contribution in [-0.4, -0.2) is 62.8 Å². The van der Waals surface area contributed by atoms with Crippen molar-refractivity contribution in [3.8, 4) is 0 Å². The maximum atomic E-state index is 12.4. The molecule has 1 aromatic carbocycles. The van der Waals surface area contributed by atoms with E-state index in [9.17, 15) is 9.59 Å². The second kappa shape index (κ2) is 8.84. The number of nitrogens with zero attached hydrogens (tertiary/aromatic N) is 4. The van der Waals surface area contributed by atoms with Gasteiger partial charge in [0, 0.05) is 43.2 Å². The van der Waals surface area contributed by atoms with Crippen molar-refractivity contribution in [2.24, 2.45) is 0 Å². The van der Waals surface area contributed by atoms with Crippen LogP contribution < -0.4 is 5.32 Å².